The van der Waals surface area contributed by atoms with Crippen molar-refractivity contribution in [1.82, 2.24) is 10.3 Å². The fraction of sp³-hybridized carbons (Fsp3) is 0.455. The van der Waals surface area contributed by atoms with Crippen LogP contribution in [0.3, 0.4) is 0 Å². The van der Waals surface area contributed by atoms with E-state index in [9.17, 15) is 4.79 Å². The monoisotopic (exact) mass is 257 g/mol. The number of ether oxygens (including phenoxy) is 1. The van der Waals surface area contributed by atoms with Crippen LogP contribution in [0.4, 0.5) is 4.79 Å². The van der Waals surface area contributed by atoms with E-state index in [1.807, 2.05) is 12.1 Å². The summed E-state index contributed by atoms with van der Waals surface area (Å²) in [7, 11) is 0. The zero-order chi connectivity index (χ0) is 12.5. The number of halogens is 1. The maximum Gasteiger partial charge on any atom is 0.404 e. The molecule has 3 N–H and O–H groups in total. The van der Waals surface area contributed by atoms with Gasteiger partial charge in [0.2, 0.25) is 0 Å². The fourth-order valence-electron chi connectivity index (χ4n) is 1.25. The molecule has 0 spiro atoms. The predicted octanol–water partition coefficient (Wildman–Crippen LogP) is 1.70. The van der Waals surface area contributed by atoms with Gasteiger partial charge in [-0.2, -0.15) is 0 Å². The quantitative estimate of drug-likeness (QED) is 0.729. The first-order valence-electron chi connectivity index (χ1n) is 5.42. The molecule has 17 heavy (non-hydrogen) atoms. The highest BCUT2D eigenvalue weighted by Crippen LogP contribution is 2.05. The van der Waals surface area contributed by atoms with Gasteiger partial charge in [0, 0.05) is 12.7 Å². The zero-order valence-corrected chi connectivity index (χ0v) is 10.2. The van der Waals surface area contributed by atoms with Gasteiger partial charge < -0.3 is 15.8 Å². The van der Waals surface area contributed by atoms with Crippen LogP contribution < -0.4 is 11.1 Å². The van der Waals surface area contributed by atoms with Gasteiger partial charge >= 0.3 is 6.09 Å². The van der Waals surface area contributed by atoms with E-state index in [4.69, 9.17) is 17.3 Å². The Morgan fingerprint density at radius 1 is 1.47 bits per heavy atom. The third-order valence-corrected chi connectivity index (χ3v) is 2.31. The van der Waals surface area contributed by atoms with Gasteiger partial charge in [-0.05, 0) is 31.5 Å². The highest BCUT2D eigenvalue weighted by molar-refractivity contribution is 6.30. The first-order chi connectivity index (χ1) is 8.18. The van der Waals surface area contributed by atoms with Crippen molar-refractivity contribution >= 4 is 17.7 Å². The largest absolute Gasteiger partial charge is 0.450 e. The minimum atomic E-state index is -0.719. The average Bonchev–Trinajstić information content (AvgIpc) is 2.30. The van der Waals surface area contributed by atoms with Crippen LogP contribution in [0.25, 0.3) is 0 Å². The number of pyridine rings is 1. The Balaban J connectivity index is 2.01. The number of aromatic nitrogens is 1. The standard InChI is InChI=1S/C11H16ClN3O2/c12-9-3-4-10(15-7-9)8-14-5-1-2-6-17-11(13)16/h3-4,7,14H,1-2,5-6,8H2,(H2,13,16). The minimum Gasteiger partial charge on any atom is -0.450 e. The molecule has 0 aliphatic heterocycles. The Morgan fingerprint density at radius 3 is 2.94 bits per heavy atom. The summed E-state index contributed by atoms with van der Waals surface area (Å²) in [6.07, 6.45) is 2.62. The van der Waals surface area contributed by atoms with Crippen molar-refractivity contribution in [2.24, 2.45) is 5.73 Å². The van der Waals surface area contributed by atoms with E-state index in [2.05, 4.69) is 15.0 Å². The molecule has 0 radical (unpaired) electrons. The molecule has 5 nitrogen and oxygen atoms in total. The van der Waals surface area contributed by atoms with Crippen LogP contribution in [0.5, 0.6) is 0 Å². The molecule has 0 aliphatic carbocycles. The summed E-state index contributed by atoms with van der Waals surface area (Å²) in [6.45, 7) is 1.91. The Kier molecular flexibility index (Phi) is 6.35. The highest BCUT2D eigenvalue weighted by atomic mass is 35.5. The molecule has 6 heteroatoms. The maximum absolute atomic E-state index is 10.3. The molecule has 1 aromatic rings. The molecule has 0 atom stereocenters. The van der Waals surface area contributed by atoms with E-state index in [0.29, 0.717) is 18.2 Å². The van der Waals surface area contributed by atoms with Crippen LogP contribution in [0.2, 0.25) is 5.02 Å². The number of carbonyl (C=O) groups excluding carboxylic acids is 1. The highest BCUT2D eigenvalue weighted by Gasteiger charge is 1.96. The van der Waals surface area contributed by atoms with Crippen molar-refractivity contribution in [1.29, 1.82) is 0 Å². The topological polar surface area (TPSA) is 77.2 Å². The van der Waals surface area contributed by atoms with Crippen LogP contribution in [0.15, 0.2) is 18.3 Å². The Labute approximate surface area is 105 Å². The van der Waals surface area contributed by atoms with Gasteiger partial charge in [0.05, 0.1) is 17.3 Å². The maximum atomic E-state index is 10.3. The molecule has 1 rings (SSSR count). The number of rotatable bonds is 7. The van der Waals surface area contributed by atoms with Crippen LogP contribution >= 0.6 is 11.6 Å². The van der Waals surface area contributed by atoms with Crippen molar-refractivity contribution in [3.63, 3.8) is 0 Å². The first kappa shape index (κ1) is 13.7. The van der Waals surface area contributed by atoms with E-state index in [0.717, 1.165) is 25.1 Å². The molecule has 1 amide bonds. The van der Waals surface area contributed by atoms with Gasteiger partial charge in [0.15, 0.2) is 0 Å². The lowest BCUT2D eigenvalue weighted by molar-refractivity contribution is 0.154. The molecule has 1 heterocycles. The zero-order valence-electron chi connectivity index (χ0n) is 9.49. The predicted molar refractivity (Wildman–Crippen MR) is 65.7 cm³/mol. The van der Waals surface area contributed by atoms with Crippen molar-refractivity contribution in [2.75, 3.05) is 13.2 Å². The molecule has 94 valence electrons. The van der Waals surface area contributed by atoms with E-state index in [-0.39, 0.29) is 0 Å². The lowest BCUT2D eigenvalue weighted by Crippen LogP contribution is -2.17. The number of hydrogen-bond acceptors (Lipinski definition) is 4. The number of hydrogen-bond donors (Lipinski definition) is 2. The van der Waals surface area contributed by atoms with E-state index >= 15 is 0 Å². The number of nitrogens with two attached hydrogens (primary N) is 1. The number of nitrogens with one attached hydrogen (secondary N) is 1. The van der Waals surface area contributed by atoms with Crippen molar-refractivity contribution < 1.29 is 9.53 Å². The van der Waals surface area contributed by atoms with Gasteiger partial charge in [-0.1, -0.05) is 11.6 Å². The van der Waals surface area contributed by atoms with Gasteiger partial charge in [0.1, 0.15) is 0 Å². The summed E-state index contributed by atoms with van der Waals surface area (Å²) in [4.78, 5) is 14.4. The molecule has 0 saturated heterocycles. The summed E-state index contributed by atoms with van der Waals surface area (Å²) >= 11 is 5.72. The van der Waals surface area contributed by atoms with Crippen molar-refractivity contribution in [3.05, 3.63) is 29.0 Å². The van der Waals surface area contributed by atoms with Crippen LogP contribution in [-0.4, -0.2) is 24.2 Å². The van der Waals surface area contributed by atoms with E-state index in [1.165, 1.54) is 0 Å². The van der Waals surface area contributed by atoms with Crippen LogP contribution in [-0.2, 0) is 11.3 Å². The van der Waals surface area contributed by atoms with Crippen molar-refractivity contribution in [3.8, 4) is 0 Å². The first-order valence-corrected chi connectivity index (χ1v) is 5.79. The molecule has 1 aromatic heterocycles. The second kappa shape index (κ2) is 7.86. The second-order valence-electron chi connectivity index (χ2n) is 3.52. The van der Waals surface area contributed by atoms with Gasteiger partial charge in [-0.15, -0.1) is 0 Å². The molecule has 0 aliphatic rings. The minimum absolute atomic E-state index is 0.371. The molecule has 0 bridgehead atoms. The van der Waals surface area contributed by atoms with Crippen LogP contribution in [0.1, 0.15) is 18.5 Å². The summed E-state index contributed by atoms with van der Waals surface area (Å²) in [6, 6.07) is 3.69. The normalized spacial score (nSPS) is 10.2. The number of nitrogens with zero attached hydrogens (tertiary/aromatic N) is 1. The number of primary amides is 1. The molecular weight excluding hydrogens is 242 g/mol. The van der Waals surface area contributed by atoms with Gasteiger partial charge in [-0.25, -0.2) is 4.79 Å². The SMILES string of the molecule is NC(=O)OCCCCNCc1ccc(Cl)cn1. The van der Waals surface area contributed by atoms with Crippen molar-refractivity contribution in [2.45, 2.75) is 19.4 Å². The Hall–Kier alpha value is -1.33. The third kappa shape index (κ3) is 6.76. The second-order valence-corrected chi connectivity index (χ2v) is 3.96. The lowest BCUT2D eigenvalue weighted by Gasteiger charge is -2.04. The summed E-state index contributed by atoms with van der Waals surface area (Å²) in [5.74, 6) is 0. The smallest absolute Gasteiger partial charge is 0.404 e. The summed E-state index contributed by atoms with van der Waals surface area (Å²) < 4.78 is 4.60. The summed E-state index contributed by atoms with van der Waals surface area (Å²) in [5.41, 5.74) is 5.77. The fourth-order valence-corrected chi connectivity index (χ4v) is 1.36. The third-order valence-electron chi connectivity index (χ3n) is 2.09. The van der Waals surface area contributed by atoms with E-state index < -0.39 is 6.09 Å². The molecule has 0 fully saturated rings. The molecular formula is C11H16ClN3O2. The molecule has 0 unspecified atom stereocenters. The van der Waals surface area contributed by atoms with E-state index in [1.54, 1.807) is 6.20 Å². The van der Waals surface area contributed by atoms with Gasteiger partial charge in [0.25, 0.3) is 0 Å². The van der Waals surface area contributed by atoms with Gasteiger partial charge in [-0.3, -0.25) is 4.98 Å². The molecule has 0 aromatic carbocycles. The summed E-state index contributed by atoms with van der Waals surface area (Å²) in [5, 5.41) is 3.87. The molecule has 0 saturated carbocycles. The number of amides is 1. The average molecular weight is 258 g/mol. The lowest BCUT2D eigenvalue weighted by atomic mass is 10.3. The number of unbranched alkanes of at least 4 members (excludes halogenated alkanes) is 1. The Bertz CT molecular complexity index is 343. The number of carbonyl (C=O) groups is 1. The van der Waals surface area contributed by atoms with Crippen LogP contribution in [0, 0.1) is 0 Å². The Morgan fingerprint density at radius 2 is 2.29 bits per heavy atom.